The van der Waals surface area contributed by atoms with E-state index < -0.39 is 0 Å². The first-order valence-electron chi connectivity index (χ1n) is 4.84. The maximum absolute atomic E-state index is 11.7. The summed E-state index contributed by atoms with van der Waals surface area (Å²) in [6.07, 6.45) is 0.795. The molecule has 0 aliphatic carbocycles. The quantitative estimate of drug-likeness (QED) is 0.602. The number of carbonyl (C=O) groups is 1. The number of hydrogen-bond acceptors (Lipinski definition) is 3. The monoisotopic (exact) mass is 184 g/mol. The standard InChI is InChI=1S/C9H16N2O2/c1-6-2-3-13-8(6)9(12)11-4-7(10)5-11/h6-8H,2-5,10H2,1H3. The van der Waals surface area contributed by atoms with Gasteiger partial charge in [-0.2, -0.15) is 0 Å². The van der Waals surface area contributed by atoms with Gasteiger partial charge in [0.2, 0.25) is 0 Å². The Balaban J connectivity index is 1.89. The van der Waals surface area contributed by atoms with Crippen molar-refractivity contribution < 1.29 is 9.53 Å². The molecule has 2 atom stereocenters. The zero-order valence-corrected chi connectivity index (χ0v) is 7.90. The number of nitrogens with two attached hydrogens (primary N) is 1. The van der Waals surface area contributed by atoms with Gasteiger partial charge in [-0.3, -0.25) is 4.79 Å². The summed E-state index contributed by atoms with van der Waals surface area (Å²) in [5.74, 6) is 0.496. The van der Waals surface area contributed by atoms with Gasteiger partial charge in [0, 0.05) is 25.7 Å². The molecule has 74 valence electrons. The first-order chi connectivity index (χ1) is 6.18. The summed E-state index contributed by atoms with van der Waals surface area (Å²) < 4.78 is 5.39. The molecule has 2 aliphatic rings. The van der Waals surface area contributed by atoms with E-state index in [1.54, 1.807) is 4.90 Å². The summed E-state index contributed by atoms with van der Waals surface area (Å²) in [6, 6.07) is 0.181. The van der Waals surface area contributed by atoms with Crippen molar-refractivity contribution >= 4 is 5.91 Å². The SMILES string of the molecule is CC1CCOC1C(=O)N1CC(N)C1. The van der Waals surface area contributed by atoms with Crippen LogP contribution >= 0.6 is 0 Å². The summed E-state index contributed by atoms with van der Waals surface area (Å²) in [6.45, 7) is 4.18. The largest absolute Gasteiger partial charge is 0.368 e. The van der Waals surface area contributed by atoms with Gasteiger partial charge in [0.25, 0.3) is 5.91 Å². The van der Waals surface area contributed by atoms with E-state index in [0.29, 0.717) is 19.0 Å². The molecule has 4 nitrogen and oxygen atoms in total. The van der Waals surface area contributed by atoms with Crippen LogP contribution in [0.4, 0.5) is 0 Å². The van der Waals surface area contributed by atoms with Gasteiger partial charge in [-0.25, -0.2) is 0 Å². The predicted molar refractivity (Wildman–Crippen MR) is 48.1 cm³/mol. The fourth-order valence-electron chi connectivity index (χ4n) is 1.88. The van der Waals surface area contributed by atoms with Crippen molar-refractivity contribution in [3.8, 4) is 0 Å². The zero-order chi connectivity index (χ0) is 9.42. The molecule has 0 radical (unpaired) electrons. The Kier molecular flexibility index (Phi) is 2.26. The number of nitrogens with zero attached hydrogens (tertiary/aromatic N) is 1. The molecule has 2 heterocycles. The molecule has 2 saturated heterocycles. The van der Waals surface area contributed by atoms with E-state index in [4.69, 9.17) is 10.5 Å². The van der Waals surface area contributed by atoms with Crippen molar-refractivity contribution in [2.24, 2.45) is 11.7 Å². The van der Waals surface area contributed by atoms with Crippen LogP contribution in [-0.4, -0.2) is 42.6 Å². The molecule has 0 aromatic carbocycles. The lowest BCUT2D eigenvalue weighted by Gasteiger charge is -2.38. The number of amides is 1. The van der Waals surface area contributed by atoms with Gasteiger partial charge in [-0.1, -0.05) is 6.92 Å². The molecule has 2 rings (SSSR count). The van der Waals surface area contributed by atoms with E-state index in [0.717, 1.165) is 13.0 Å². The summed E-state index contributed by atoms with van der Waals surface area (Å²) in [5.41, 5.74) is 5.61. The second-order valence-corrected chi connectivity index (χ2v) is 4.06. The van der Waals surface area contributed by atoms with Crippen LogP contribution in [0.3, 0.4) is 0 Å². The molecular weight excluding hydrogens is 168 g/mol. The summed E-state index contributed by atoms with van der Waals surface area (Å²) in [4.78, 5) is 13.5. The lowest BCUT2D eigenvalue weighted by atomic mass is 10.0. The third-order valence-electron chi connectivity index (χ3n) is 2.85. The molecule has 1 amide bonds. The fourth-order valence-corrected chi connectivity index (χ4v) is 1.88. The average molecular weight is 184 g/mol. The number of likely N-dealkylation sites (tertiary alicyclic amines) is 1. The molecule has 2 fully saturated rings. The lowest BCUT2D eigenvalue weighted by molar-refractivity contribution is -0.146. The van der Waals surface area contributed by atoms with Crippen LogP contribution in [0.2, 0.25) is 0 Å². The van der Waals surface area contributed by atoms with Crippen molar-refractivity contribution in [1.29, 1.82) is 0 Å². The summed E-state index contributed by atoms with van der Waals surface area (Å²) in [5, 5.41) is 0. The number of rotatable bonds is 1. The third kappa shape index (κ3) is 1.56. The van der Waals surface area contributed by atoms with Crippen LogP contribution in [0.15, 0.2) is 0 Å². The number of carbonyl (C=O) groups excluding carboxylic acids is 1. The molecule has 2 unspecified atom stereocenters. The highest BCUT2D eigenvalue weighted by molar-refractivity contribution is 5.82. The minimum Gasteiger partial charge on any atom is -0.368 e. The molecule has 4 heteroatoms. The minimum atomic E-state index is -0.201. The molecule has 2 N–H and O–H groups in total. The van der Waals surface area contributed by atoms with Crippen LogP contribution in [0.5, 0.6) is 0 Å². The van der Waals surface area contributed by atoms with Crippen molar-refractivity contribution in [1.82, 2.24) is 4.90 Å². The van der Waals surface area contributed by atoms with E-state index in [1.165, 1.54) is 0 Å². The van der Waals surface area contributed by atoms with Gasteiger partial charge in [-0.15, -0.1) is 0 Å². The Hall–Kier alpha value is -0.610. The van der Waals surface area contributed by atoms with E-state index in [2.05, 4.69) is 6.92 Å². The third-order valence-corrected chi connectivity index (χ3v) is 2.85. The molecule has 0 bridgehead atoms. The Morgan fingerprint density at radius 2 is 2.23 bits per heavy atom. The van der Waals surface area contributed by atoms with Crippen LogP contribution in [-0.2, 0) is 9.53 Å². The summed E-state index contributed by atoms with van der Waals surface area (Å²) in [7, 11) is 0. The highest BCUT2D eigenvalue weighted by Gasteiger charge is 2.38. The molecule has 0 aromatic rings. The van der Waals surface area contributed by atoms with Gasteiger partial charge >= 0.3 is 0 Å². The second-order valence-electron chi connectivity index (χ2n) is 4.06. The Bertz CT molecular complexity index is 214. The summed E-state index contributed by atoms with van der Waals surface area (Å²) >= 11 is 0. The zero-order valence-electron chi connectivity index (χ0n) is 7.90. The first kappa shape index (κ1) is 8.97. The maximum Gasteiger partial charge on any atom is 0.252 e. The van der Waals surface area contributed by atoms with Crippen molar-refractivity contribution in [3.05, 3.63) is 0 Å². The fraction of sp³-hybridized carbons (Fsp3) is 0.889. The highest BCUT2D eigenvalue weighted by atomic mass is 16.5. The molecule has 2 aliphatic heterocycles. The lowest BCUT2D eigenvalue weighted by Crippen LogP contribution is -2.60. The predicted octanol–water partition coefficient (Wildman–Crippen LogP) is -0.419. The van der Waals surface area contributed by atoms with Crippen molar-refractivity contribution in [3.63, 3.8) is 0 Å². The van der Waals surface area contributed by atoms with E-state index >= 15 is 0 Å². The second kappa shape index (κ2) is 3.27. The first-order valence-corrected chi connectivity index (χ1v) is 4.84. The van der Waals surface area contributed by atoms with Crippen molar-refractivity contribution in [2.75, 3.05) is 19.7 Å². The smallest absolute Gasteiger partial charge is 0.252 e. The Labute approximate surface area is 78.0 Å². The van der Waals surface area contributed by atoms with E-state index in [-0.39, 0.29) is 18.1 Å². The van der Waals surface area contributed by atoms with Gasteiger partial charge in [0.05, 0.1) is 0 Å². The number of ether oxygens (including phenoxy) is 1. The molecule has 0 aromatic heterocycles. The van der Waals surface area contributed by atoms with Crippen LogP contribution in [0.1, 0.15) is 13.3 Å². The average Bonchev–Trinajstić information content (AvgIpc) is 2.44. The molecule has 13 heavy (non-hydrogen) atoms. The van der Waals surface area contributed by atoms with E-state index in [1.807, 2.05) is 0 Å². The van der Waals surface area contributed by atoms with Gasteiger partial charge < -0.3 is 15.4 Å². The van der Waals surface area contributed by atoms with Crippen molar-refractivity contribution in [2.45, 2.75) is 25.5 Å². The van der Waals surface area contributed by atoms with E-state index in [9.17, 15) is 4.79 Å². The molecular formula is C9H16N2O2. The van der Waals surface area contributed by atoms with Gasteiger partial charge in [-0.05, 0) is 12.3 Å². The van der Waals surface area contributed by atoms with Crippen LogP contribution < -0.4 is 5.73 Å². The topological polar surface area (TPSA) is 55.6 Å². The Morgan fingerprint density at radius 3 is 2.69 bits per heavy atom. The van der Waals surface area contributed by atoms with Crippen LogP contribution in [0, 0.1) is 5.92 Å². The normalized spacial score (nSPS) is 34.8. The van der Waals surface area contributed by atoms with Crippen LogP contribution in [0.25, 0.3) is 0 Å². The maximum atomic E-state index is 11.7. The molecule has 0 saturated carbocycles. The number of hydrogen-bond donors (Lipinski definition) is 1. The van der Waals surface area contributed by atoms with Gasteiger partial charge in [0.1, 0.15) is 6.10 Å². The Morgan fingerprint density at radius 1 is 1.54 bits per heavy atom. The van der Waals surface area contributed by atoms with Gasteiger partial charge in [0.15, 0.2) is 0 Å². The molecule has 0 spiro atoms. The highest BCUT2D eigenvalue weighted by Crippen LogP contribution is 2.23. The minimum absolute atomic E-state index is 0.131.